The summed E-state index contributed by atoms with van der Waals surface area (Å²) in [4.78, 5) is 2.60. The fourth-order valence-corrected chi connectivity index (χ4v) is 4.43. The number of aliphatic hydroxyl groups excluding tert-OH is 1. The summed E-state index contributed by atoms with van der Waals surface area (Å²) in [6.45, 7) is 9.64. The fraction of sp³-hybridized carbons (Fsp3) is 1.00. The molecule has 0 spiro atoms. The Hall–Kier alpha value is -0.160. The van der Waals surface area contributed by atoms with Crippen LogP contribution >= 0.6 is 0 Å². The maximum absolute atomic E-state index is 10.1. The van der Waals surface area contributed by atoms with Crippen molar-refractivity contribution >= 4 is 0 Å². The molecule has 1 saturated carbocycles. The zero-order valence-electron chi connectivity index (χ0n) is 12.8. The van der Waals surface area contributed by atoms with Crippen molar-refractivity contribution in [2.24, 2.45) is 17.3 Å². The first kappa shape index (κ1) is 14.8. The lowest BCUT2D eigenvalue weighted by molar-refractivity contribution is 0.0991. The molecular formula is C16H30N2O2. The van der Waals surface area contributed by atoms with E-state index in [1.54, 1.807) is 0 Å². The number of hydrogen-bond acceptors (Lipinski definition) is 4. The second kappa shape index (κ2) is 6.30. The van der Waals surface area contributed by atoms with Crippen LogP contribution in [0.15, 0.2) is 0 Å². The van der Waals surface area contributed by atoms with Crippen LogP contribution in [-0.2, 0) is 4.74 Å². The van der Waals surface area contributed by atoms with Crippen molar-refractivity contribution in [3.63, 3.8) is 0 Å². The highest BCUT2D eigenvalue weighted by atomic mass is 16.5. The van der Waals surface area contributed by atoms with Crippen LogP contribution < -0.4 is 5.32 Å². The van der Waals surface area contributed by atoms with Gasteiger partial charge in [-0.25, -0.2) is 0 Å². The number of nitrogens with one attached hydrogen (secondary N) is 1. The Kier molecular flexibility index (Phi) is 4.65. The molecule has 0 aromatic heterocycles. The lowest BCUT2D eigenvalue weighted by Crippen LogP contribution is -2.44. The summed E-state index contributed by atoms with van der Waals surface area (Å²) in [7, 11) is 0. The predicted octanol–water partition coefficient (Wildman–Crippen LogP) is 1.10. The van der Waals surface area contributed by atoms with Crippen LogP contribution in [0, 0.1) is 17.3 Å². The maximum atomic E-state index is 10.1. The van der Waals surface area contributed by atoms with E-state index in [1.807, 2.05) is 0 Å². The fourth-order valence-electron chi connectivity index (χ4n) is 4.43. The molecule has 0 bridgehead atoms. The lowest BCUT2D eigenvalue weighted by Gasteiger charge is -2.33. The van der Waals surface area contributed by atoms with E-state index in [0.29, 0.717) is 11.3 Å². The molecule has 116 valence electrons. The van der Waals surface area contributed by atoms with E-state index >= 15 is 0 Å². The van der Waals surface area contributed by atoms with E-state index in [1.165, 1.54) is 25.8 Å². The normalized spacial score (nSPS) is 41.4. The molecule has 0 amide bonds. The molecule has 4 atom stereocenters. The number of nitrogens with zero attached hydrogens (tertiary/aromatic N) is 1. The van der Waals surface area contributed by atoms with Crippen molar-refractivity contribution in [3.05, 3.63) is 0 Å². The molecule has 0 aromatic carbocycles. The summed E-state index contributed by atoms with van der Waals surface area (Å²) in [5, 5.41) is 13.6. The molecule has 2 heterocycles. The lowest BCUT2D eigenvalue weighted by atomic mass is 9.86. The predicted molar refractivity (Wildman–Crippen MR) is 79.7 cm³/mol. The summed E-state index contributed by atoms with van der Waals surface area (Å²) in [5.74, 6) is 1.28. The SMILES string of the molecule is CCCNCC1(CN2CC3CCC(O)C3C2)CCOC1. The van der Waals surface area contributed by atoms with Crippen LogP contribution in [0.25, 0.3) is 0 Å². The first-order chi connectivity index (χ1) is 9.72. The molecule has 4 nitrogen and oxygen atoms in total. The summed E-state index contributed by atoms with van der Waals surface area (Å²) in [6, 6.07) is 0. The number of ether oxygens (including phenoxy) is 1. The first-order valence-electron chi connectivity index (χ1n) is 8.41. The molecule has 0 aromatic rings. The Balaban J connectivity index is 1.54. The van der Waals surface area contributed by atoms with Gasteiger partial charge in [-0.3, -0.25) is 0 Å². The van der Waals surface area contributed by atoms with Gasteiger partial charge in [0, 0.05) is 44.1 Å². The van der Waals surface area contributed by atoms with Crippen molar-refractivity contribution in [2.45, 2.75) is 38.7 Å². The molecule has 2 N–H and O–H groups in total. The van der Waals surface area contributed by atoms with E-state index in [-0.39, 0.29) is 6.10 Å². The Bertz CT molecular complexity index is 318. The zero-order valence-corrected chi connectivity index (χ0v) is 12.8. The minimum atomic E-state index is -0.0426. The summed E-state index contributed by atoms with van der Waals surface area (Å²) >= 11 is 0. The van der Waals surface area contributed by atoms with Gasteiger partial charge in [0.25, 0.3) is 0 Å². The number of rotatable bonds is 6. The smallest absolute Gasteiger partial charge is 0.0583 e. The Morgan fingerprint density at radius 3 is 2.95 bits per heavy atom. The summed E-state index contributed by atoms with van der Waals surface area (Å²) < 4.78 is 5.70. The van der Waals surface area contributed by atoms with Gasteiger partial charge in [-0.2, -0.15) is 0 Å². The molecule has 1 aliphatic carbocycles. The zero-order chi connectivity index (χ0) is 14.0. The molecule has 3 rings (SSSR count). The van der Waals surface area contributed by atoms with Crippen LogP contribution in [0.1, 0.15) is 32.6 Å². The highest BCUT2D eigenvalue weighted by Gasteiger charge is 2.45. The Labute approximate surface area is 122 Å². The van der Waals surface area contributed by atoms with E-state index in [9.17, 15) is 5.11 Å². The number of fused-ring (bicyclic) bond motifs is 1. The first-order valence-corrected chi connectivity index (χ1v) is 8.41. The maximum Gasteiger partial charge on any atom is 0.0583 e. The van der Waals surface area contributed by atoms with Gasteiger partial charge in [0.05, 0.1) is 12.7 Å². The molecule has 4 unspecified atom stereocenters. The van der Waals surface area contributed by atoms with Crippen molar-refractivity contribution in [3.8, 4) is 0 Å². The molecular weight excluding hydrogens is 252 g/mol. The third-order valence-corrected chi connectivity index (χ3v) is 5.57. The van der Waals surface area contributed by atoms with Gasteiger partial charge in [-0.1, -0.05) is 6.92 Å². The van der Waals surface area contributed by atoms with Crippen LogP contribution in [0.2, 0.25) is 0 Å². The monoisotopic (exact) mass is 282 g/mol. The number of likely N-dealkylation sites (tertiary alicyclic amines) is 1. The Morgan fingerprint density at radius 1 is 1.35 bits per heavy atom. The van der Waals surface area contributed by atoms with E-state index in [2.05, 4.69) is 17.1 Å². The van der Waals surface area contributed by atoms with E-state index in [0.717, 1.165) is 51.7 Å². The molecule has 2 saturated heterocycles. The minimum absolute atomic E-state index is 0.0426. The minimum Gasteiger partial charge on any atom is -0.393 e. The standard InChI is InChI=1S/C16H30N2O2/c1-2-6-17-10-16(5-7-20-12-16)11-18-8-13-3-4-15(19)14(13)9-18/h13-15,17,19H,2-12H2,1H3. The van der Waals surface area contributed by atoms with Crippen molar-refractivity contribution in [1.29, 1.82) is 0 Å². The third-order valence-electron chi connectivity index (χ3n) is 5.57. The number of hydrogen-bond donors (Lipinski definition) is 2. The highest BCUT2D eigenvalue weighted by molar-refractivity contribution is 4.97. The molecule has 3 fully saturated rings. The van der Waals surface area contributed by atoms with Crippen LogP contribution in [-0.4, -0.2) is 62.0 Å². The van der Waals surface area contributed by atoms with Gasteiger partial charge in [0.1, 0.15) is 0 Å². The van der Waals surface area contributed by atoms with Crippen LogP contribution in [0.5, 0.6) is 0 Å². The molecule has 2 aliphatic heterocycles. The van der Waals surface area contributed by atoms with Gasteiger partial charge < -0.3 is 20.1 Å². The third kappa shape index (κ3) is 3.03. The van der Waals surface area contributed by atoms with E-state index < -0.39 is 0 Å². The molecule has 3 aliphatic rings. The van der Waals surface area contributed by atoms with Crippen molar-refractivity contribution in [2.75, 3.05) is 45.9 Å². The average Bonchev–Trinajstić information content (AvgIpc) is 3.11. The van der Waals surface area contributed by atoms with Gasteiger partial charge in [0.15, 0.2) is 0 Å². The second-order valence-corrected chi connectivity index (χ2v) is 7.24. The van der Waals surface area contributed by atoms with E-state index in [4.69, 9.17) is 4.74 Å². The van der Waals surface area contributed by atoms with Crippen LogP contribution in [0.3, 0.4) is 0 Å². The van der Waals surface area contributed by atoms with Crippen molar-refractivity contribution in [1.82, 2.24) is 10.2 Å². The highest BCUT2D eigenvalue weighted by Crippen LogP contribution is 2.40. The number of aliphatic hydroxyl groups is 1. The largest absolute Gasteiger partial charge is 0.393 e. The molecule has 0 radical (unpaired) electrons. The summed E-state index contributed by atoms with van der Waals surface area (Å²) in [5.41, 5.74) is 0.304. The van der Waals surface area contributed by atoms with Gasteiger partial charge in [-0.15, -0.1) is 0 Å². The molecule has 4 heteroatoms. The summed E-state index contributed by atoms with van der Waals surface area (Å²) in [6.07, 6.45) is 4.57. The van der Waals surface area contributed by atoms with Gasteiger partial charge in [0.2, 0.25) is 0 Å². The second-order valence-electron chi connectivity index (χ2n) is 7.24. The molecule has 20 heavy (non-hydrogen) atoms. The quantitative estimate of drug-likeness (QED) is 0.716. The van der Waals surface area contributed by atoms with Crippen LogP contribution in [0.4, 0.5) is 0 Å². The Morgan fingerprint density at radius 2 is 2.25 bits per heavy atom. The topological polar surface area (TPSA) is 44.7 Å². The van der Waals surface area contributed by atoms with Gasteiger partial charge >= 0.3 is 0 Å². The van der Waals surface area contributed by atoms with Gasteiger partial charge in [-0.05, 0) is 38.1 Å². The van der Waals surface area contributed by atoms with Crippen molar-refractivity contribution < 1.29 is 9.84 Å². The average molecular weight is 282 g/mol.